The number of sulfonamides is 1. The van der Waals surface area contributed by atoms with Gasteiger partial charge in [-0.15, -0.1) is 11.3 Å². The minimum Gasteiger partial charge on any atom is -0.357 e. The van der Waals surface area contributed by atoms with Gasteiger partial charge in [-0.25, -0.2) is 13.1 Å². The van der Waals surface area contributed by atoms with Crippen molar-refractivity contribution < 1.29 is 13.2 Å². The van der Waals surface area contributed by atoms with Gasteiger partial charge in [-0.3, -0.25) is 9.79 Å². The van der Waals surface area contributed by atoms with Gasteiger partial charge in [0.2, 0.25) is 15.9 Å². The molecule has 28 heavy (non-hydrogen) atoms. The number of aliphatic imine (C=N–C) groups is 1. The Labute approximate surface area is 171 Å². The summed E-state index contributed by atoms with van der Waals surface area (Å²) >= 11 is 1.19. The van der Waals surface area contributed by atoms with Crippen molar-refractivity contribution in [2.75, 3.05) is 32.7 Å². The van der Waals surface area contributed by atoms with Crippen LogP contribution in [0.1, 0.15) is 33.6 Å². The molecule has 2 heterocycles. The van der Waals surface area contributed by atoms with E-state index in [-0.39, 0.29) is 24.4 Å². The van der Waals surface area contributed by atoms with E-state index >= 15 is 0 Å². The van der Waals surface area contributed by atoms with E-state index in [1.165, 1.54) is 11.3 Å². The lowest BCUT2D eigenvalue weighted by Crippen LogP contribution is -2.50. The van der Waals surface area contributed by atoms with Gasteiger partial charge in [0.25, 0.3) is 0 Å². The molecule has 0 saturated carbocycles. The summed E-state index contributed by atoms with van der Waals surface area (Å²) in [6.45, 7) is 8.62. The van der Waals surface area contributed by atoms with Gasteiger partial charge in [0, 0.05) is 38.1 Å². The van der Waals surface area contributed by atoms with Crippen LogP contribution >= 0.6 is 11.3 Å². The summed E-state index contributed by atoms with van der Waals surface area (Å²) in [6, 6.07) is 3.54. The Morgan fingerprint density at radius 3 is 2.64 bits per heavy atom. The van der Waals surface area contributed by atoms with Crippen LogP contribution in [0.15, 0.2) is 26.7 Å². The number of hydrogen-bond acceptors (Lipinski definition) is 5. The molecule has 158 valence electrons. The highest BCUT2D eigenvalue weighted by molar-refractivity contribution is 7.91. The summed E-state index contributed by atoms with van der Waals surface area (Å²) in [7, 11) is -3.45. The number of thiophene rings is 1. The lowest BCUT2D eigenvalue weighted by molar-refractivity contribution is -0.135. The molecule has 1 saturated heterocycles. The van der Waals surface area contributed by atoms with E-state index < -0.39 is 10.0 Å². The highest BCUT2D eigenvalue weighted by atomic mass is 32.2. The fourth-order valence-electron chi connectivity index (χ4n) is 2.96. The molecule has 3 N–H and O–H groups in total. The molecule has 0 aliphatic carbocycles. The van der Waals surface area contributed by atoms with E-state index in [0.717, 1.165) is 32.5 Å². The average molecular weight is 430 g/mol. The van der Waals surface area contributed by atoms with Crippen LogP contribution in [0.4, 0.5) is 0 Å². The van der Waals surface area contributed by atoms with Crippen molar-refractivity contribution in [2.45, 2.75) is 43.9 Å². The molecule has 10 heteroatoms. The number of rotatable bonds is 8. The predicted octanol–water partition coefficient (Wildman–Crippen LogP) is 1.23. The first kappa shape index (κ1) is 22.6. The Hall–Kier alpha value is -1.65. The van der Waals surface area contributed by atoms with E-state index in [0.29, 0.717) is 16.7 Å². The van der Waals surface area contributed by atoms with Crippen molar-refractivity contribution in [1.29, 1.82) is 0 Å². The SMILES string of the molecule is CCNC(=NCCNS(=O)(=O)c1cccs1)NC1CCN(C(=O)C(C)C)CC1. The molecule has 1 aliphatic heterocycles. The number of nitrogens with zero attached hydrogens (tertiary/aromatic N) is 2. The Balaban J connectivity index is 1.80. The van der Waals surface area contributed by atoms with Gasteiger partial charge >= 0.3 is 0 Å². The number of guanidine groups is 1. The number of hydrogen-bond donors (Lipinski definition) is 3. The smallest absolute Gasteiger partial charge is 0.250 e. The van der Waals surface area contributed by atoms with E-state index in [9.17, 15) is 13.2 Å². The second kappa shape index (κ2) is 10.8. The summed E-state index contributed by atoms with van der Waals surface area (Å²) in [5.74, 6) is 0.907. The Morgan fingerprint density at radius 1 is 1.36 bits per heavy atom. The van der Waals surface area contributed by atoms with Gasteiger partial charge in [0.1, 0.15) is 4.21 Å². The third kappa shape index (κ3) is 6.75. The van der Waals surface area contributed by atoms with Gasteiger partial charge in [-0.05, 0) is 31.2 Å². The average Bonchev–Trinajstić information content (AvgIpc) is 3.21. The van der Waals surface area contributed by atoms with E-state index in [2.05, 4.69) is 20.3 Å². The standard InChI is InChI=1S/C18H31N5O3S2/c1-4-19-18(20-9-10-21-28(25,26)16-6-5-13-27-16)22-15-7-11-23(12-8-15)17(24)14(2)3/h5-6,13-15,21H,4,7-12H2,1-3H3,(H2,19,20,22). The fraction of sp³-hybridized carbons (Fsp3) is 0.667. The van der Waals surface area contributed by atoms with Crippen molar-refractivity contribution in [1.82, 2.24) is 20.3 Å². The molecule has 1 aliphatic rings. The maximum Gasteiger partial charge on any atom is 0.250 e. The molecule has 1 aromatic heterocycles. The fourth-order valence-corrected chi connectivity index (χ4v) is 5.02. The van der Waals surface area contributed by atoms with Gasteiger partial charge in [-0.2, -0.15) is 0 Å². The van der Waals surface area contributed by atoms with Crippen LogP contribution in [0.3, 0.4) is 0 Å². The lowest BCUT2D eigenvalue weighted by atomic mass is 10.0. The zero-order valence-corrected chi connectivity index (χ0v) is 18.4. The summed E-state index contributed by atoms with van der Waals surface area (Å²) in [6.07, 6.45) is 1.74. The van der Waals surface area contributed by atoms with Crippen LogP contribution in [0.25, 0.3) is 0 Å². The number of amides is 1. The van der Waals surface area contributed by atoms with Crippen molar-refractivity contribution in [3.63, 3.8) is 0 Å². The van der Waals surface area contributed by atoms with Gasteiger partial charge < -0.3 is 15.5 Å². The second-order valence-corrected chi connectivity index (χ2v) is 9.93. The molecule has 0 radical (unpaired) electrons. The molecule has 1 amide bonds. The highest BCUT2D eigenvalue weighted by Gasteiger charge is 2.24. The summed E-state index contributed by atoms with van der Waals surface area (Å²) in [5.41, 5.74) is 0. The third-order valence-electron chi connectivity index (χ3n) is 4.42. The quantitative estimate of drug-likeness (QED) is 0.328. The zero-order valence-electron chi connectivity index (χ0n) is 16.8. The number of carbonyl (C=O) groups excluding carboxylic acids is 1. The summed E-state index contributed by atoms with van der Waals surface area (Å²) < 4.78 is 27.1. The number of likely N-dealkylation sites (tertiary alicyclic amines) is 1. The predicted molar refractivity (Wildman–Crippen MR) is 113 cm³/mol. The first-order valence-electron chi connectivity index (χ1n) is 9.70. The molecule has 1 aromatic rings. The van der Waals surface area contributed by atoms with Crippen molar-refractivity contribution in [3.05, 3.63) is 17.5 Å². The molecule has 0 spiro atoms. The molecule has 8 nitrogen and oxygen atoms in total. The lowest BCUT2D eigenvalue weighted by Gasteiger charge is -2.34. The molecule has 0 unspecified atom stereocenters. The van der Waals surface area contributed by atoms with E-state index in [4.69, 9.17) is 0 Å². The molecule has 1 fully saturated rings. The molecule has 0 atom stereocenters. The van der Waals surface area contributed by atoms with Gasteiger partial charge in [-0.1, -0.05) is 19.9 Å². The molecule has 0 bridgehead atoms. The minimum absolute atomic E-state index is 0.0290. The minimum atomic E-state index is -3.45. The molecular formula is C18H31N5O3S2. The zero-order chi connectivity index (χ0) is 20.6. The first-order chi connectivity index (χ1) is 13.3. The maximum absolute atomic E-state index is 12.1. The van der Waals surface area contributed by atoms with Crippen LogP contribution in [0.2, 0.25) is 0 Å². The van der Waals surface area contributed by atoms with E-state index in [1.54, 1.807) is 17.5 Å². The molecular weight excluding hydrogens is 398 g/mol. The third-order valence-corrected chi connectivity index (χ3v) is 7.28. The molecule has 0 aromatic carbocycles. The molecule has 2 rings (SSSR count). The van der Waals surface area contributed by atoms with Crippen LogP contribution in [0.5, 0.6) is 0 Å². The Kier molecular flexibility index (Phi) is 8.71. The number of carbonyl (C=O) groups is 1. The first-order valence-corrected chi connectivity index (χ1v) is 12.1. The number of nitrogens with one attached hydrogen (secondary N) is 3. The monoisotopic (exact) mass is 429 g/mol. The van der Waals surface area contributed by atoms with Crippen LogP contribution < -0.4 is 15.4 Å². The number of piperidine rings is 1. The topological polar surface area (TPSA) is 103 Å². The van der Waals surface area contributed by atoms with Crippen molar-refractivity contribution in [2.24, 2.45) is 10.9 Å². The largest absolute Gasteiger partial charge is 0.357 e. The normalized spacial score (nSPS) is 16.4. The summed E-state index contributed by atoms with van der Waals surface area (Å²) in [5, 5.41) is 8.32. The second-order valence-electron chi connectivity index (χ2n) is 6.99. The van der Waals surface area contributed by atoms with E-state index in [1.807, 2.05) is 25.7 Å². The van der Waals surface area contributed by atoms with Crippen molar-refractivity contribution >= 4 is 33.2 Å². The van der Waals surface area contributed by atoms with Crippen LogP contribution in [-0.2, 0) is 14.8 Å². The van der Waals surface area contributed by atoms with Crippen LogP contribution in [-0.4, -0.2) is 64.0 Å². The van der Waals surface area contributed by atoms with Gasteiger partial charge in [0.05, 0.1) is 6.54 Å². The van der Waals surface area contributed by atoms with Gasteiger partial charge in [0.15, 0.2) is 5.96 Å². The Bertz CT molecular complexity index is 739. The Morgan fingerprint density at radius 2 is 2.07 bits per heavy atom. The van der Waals surface area contributed by atoms with Crippen molar-refractivity contribution in [3.8, 4) is 0 Å². The van der Waals surface area contributed by atoms with Crippen LogP contribution in [0, 0.1) is 5.92 Å². The summed E-state index contributed by atoms with van der Waals surface area (Å²) in [4.78, 5) is 18.5. The highest BCUT2D eigenvalue weighted by Crippen LogP contribution is 2.15. The maximum atomic E-state index is 12.1.